The number of hydrogen-bond acceptors (Lipinski definition) is 3. The highest BCUT2D eigenvalue weighted by atomic mass is 16.3. The summed E-state index contributed by atoms with van der Waals surface area (Å²) in [5.74, 6) is 1.62. The van der Waals surface area contributed by atoms with E-state index in [9.17, 15) is 5.11 Å². The van der Waals surface area contributed by atoms with Crippen LogP contribution in [0, 0.1) is 12.8 Å². The third-order valence-corrected chi connectivity index (χ3v) is 3.89. The first-order valence-corrected chi connectivity index (χ1v) is 7.11. The zero-order valence-electron chi connectivity index (χ0n) is 12.0. The molecule has 1 aromatic heterocycles. The largest absolute Gasteiger partial charge is 0.392 e. The molecule has 3 heteroatoms. The molecule has 0 radical (unpaired) electrons. The van der Waals surface area contributed by atoms with Gasteiger partial charge in [-0.25, -0.2) is 4.98 Å². The van der Waals surface area contributed by atoms with Crippen LogP contribution in [-0.2, 0) is 13.0 Å². The van der Waals surface area contributed by atoms with Crippen molar-refractivity contribution < 1.29 is 5.11 Å². The van der Waals surface area contributed by atoms with Gasteiger partial charge in [0.2, 0.25) is 0 Å². The lowest BCUT2D eigenvalue weighted by molar-refractivity contribution is 0.281. The number of aliphatic hydroxyl groups is 1. The second-order valence-electron chi connectivity index (χ2n) is 5.69. The molecule has 104 valence electrons. The molecule has 0 saturated carbocycles. The summed E-state index contributed by atoms with van der Waals surface area (Å²) in [7, 11) is 0. The third-order valence-electron chi connectivity index (χ3n) is 3.89. The highest BCUT2D eigenvalue weighted by Crippen LogP contribution is 2.35. The summed E-state index contributed by atoms with van der Waals surface area (Å²) in [6, 6.07) is 10.6. The minimum atomic E-state index is 0.0428. The minimum Gasteiger partial charge on any atom is -0.392 e. The van der Waals surface area contributed by atoms with Crippen LogP contribution in [0.15, 0.2) is 36.5 Å². The fraction of sp³-hybridized carbons (Fsp3) is 0.353. The van der Waals surface area contributed by atoms with E-state index < -0.39 is 0 Å². The zero-order chi connectivity index (χ0) is 14.1. The van der Waals surface area contributed by atoms with Crippen molar-refractivity contribution in [1.82, 2.24) is 4.98 Å². The maximum absolute atomic E-state index is 9.21. The summed E-state index contributed by atoms with van der Waals surface area (Å²) in [4.78, 5) is 6.88. The van der Waals surface area contributed by atoms with Gasteiger partial charge in [-0.3, -0.25) is 0 Å². The molecule has 20 heavy (non-hydrogen) atoms. The molecule has 1 unspecified atom stereocenters. The average Bonchev–Trinajstić information content (AvgIpc) is 2.46. The molecule has 2 aromatic rings. The second kappa shape index (κ2) is 5.25. The molecule has 0 aliphatic carbocycles. The van der Waals surface area contributed by atoms with Gasteiger partial charge in [0.25, 0.3) is 0 Å². The molecule has 0 amide bonds. The number of aromatic nitrogens is 1. The Morgan fingerprint density at radius 3 is 2.90 bits per heavy atom. The van der Waals surface area contributed by atoms with E-state index in [1.165, 1.54) is 11.3 Å². The first kappa shape index (κ1) is 13.1. The SMILES string of the molecule is Cc1cc(CO)cnc1N1CC(C)Cc2ccccc21. The predicted molar refractivity (Wildman–Crippen MR) is 81.2 cm³/mol. The van der Waals surface area contributed by atoms with E-state index in [-0.39, 0.29) is 6.61 Å². The van der Waals surface area contributed by atoms with Crippen molar-refractivity contribution in [2.45, 2.75) is 26.9 Å². The Balaban J connectivity index is 2.06. The van der Waals surface area contributed by atoms with Crippen molar-refractivity contribution in [2.75, 3.05) is 11.4 Å². The Labute approximate surface area is 119 Å². The molecule has 0 bridgehead atoms. The number of aliphatic hydroxyl groups excluding tert-OH is 1. The molecule has 0 saturated heterocycles. The molecule has 1 aliphatic heterocycles. The monoisotopic (exact) mass is 268 g/mol. The van der Waals surface area contributed by atoms with Gasteiger partial charge < -0.3 is 10.0 Å². The minimum absolute atomic E-state index is 0.0428. The van der Waals surface area contributed by atoms with Crippen LogP contribution in [0.5, 0.6) is 0 Å². The lowest BCUT2D eigenvalue weighted by Gasteiger charge is -2.34. The normalized spacial score (nSPS) is 17.9. The van der Waals surface area contributed by atoms with Crippen LogP contribution in [0.1, 0.15) is 23.6 Å². The molecule has 0 fully saturated rings. The summed E-state index contributed by atoms with van der Waals surface area (Å²) < 4.78 is 0. The highest BCUT2D eigenvalue weighted by molar-refractivity contribution is 5.67. The van der Waals surface area contributed by atoms with Crippen LogP contribution in [0.4, 0.5) is 11.5 Å². The maximum atomic E-state index is 9.21. The van der Waals surface area contributed by atoms with E-state index in [0.717, 1.165) is 29.9 Å². The van der Waals surface area contributed by atoms with Crippen LogP contribution in [0.2, 0.25) is 0 Å². The fourth-order valence-electron chi connectivity index (χ4n) is 2.99. The van der Waals surface area contributed by atoms with Crippen molar-refractivity contribution in [2.24, 2.45) is 5.92 Å². The summed E-state index contributed by atoms with van der Waals surface area (Å²) in [6.45, 7) is 5.37. The van der Waals surface area contributed by atoms with E-state index in [1.54, 1.807) is 6.20 Å². The van der Waals surface area contributed by atoms with Crippen LogP contribution < -0.4 is 4.90 Å². The van der Waals surface area contributed by atoms with E-state index in [4.69, 9.17) is 0 Å². The summed E-state index contributed by atoms with van der Waals surface area (Å²) in [5, 5.41) is 9.21. The van der Waals surface area contributed by atoms with E-state index in [0.29, 0.717) is 5.92 Å². The van der Waals surface area contributed by atoms with E-state index in [2.05, 4.69) is 48.0 Å². The van der Waals surface area contributed by atoms with E-state index in [1.807, 2.05) is 6.07 Å². The molecular formula is C17H20N2O. The van der Waals surface area contributed by atoms with Gasteiger partial charge in [0, 0.05) is 18.4 Å². The molecule has 1 atom stereocenters. The lowest BCUT2D eigenvalue weighted by atomic mass is 9.93. The molecule has 0 spiro atoms. The summed E-state index contributed by atoms with van der Waals surface area (Å²) >= 11 is 0. The van der Waals surface area contributed by atoms with Gasteiger partial charge in [-0.15, -0.1) is 0 Å². The molecule has 2 heterocycles. The topological polar surface area (TPSA) is 36.4 Å². The number of aryl methyl sites for hydroxylation is 1. The molecular weight excluding hydrogens is 248 g/mol. The van der Waals surface area contributed by atoms with Gasteiger partial charge in [0.05, 0.1) is 6.61 Å². The summed E-state index contributed by atoms with van der Waals surface area (Å²) in [5.41, 5.74) is 4.63. The Kier molecular flexibility index (Phi) is 3.45. The average molecular weight is 268 g/mol. The van der Waals surface area contributed by atoms with Crippen LogP contribution in [0.3, 0.4) is 0 Å². The molecule has 3 rings (SSSR count). The Morgan fingerprint density at radius 2 is 2.15 bits per heavy atom. The van der Waals surface area contributed by atoms with Gasteiger partial charge >= 0.3 is 0 Å². The van der Waals surface area contributed by atoms with E-state index >= 15 is 0 Å². The zero-order valence-corrected chi connectivity index (χ0v) is 12.0. The van der Waals surface area contributed by atoms with Gasteiger partial charge in [0.15, 0.2) is 0 Å². The Hall–Kier alpha value is -1.87. The number of para-hydroxylation sites is 1. The van der Waals surface area contributed by atoms with Crippen molar-refractivity contribution >= 4 is 11.5 Å². The van der Waals surface area contributed by atoms with Crippen LogP contribution in [0.25, 0.3) is 0 Å². The first-order chi connectivity index (χ1) is 9.69. The quantitative estimate of drug-likeness (QED) is 0.908. The first-order valence-electron chi connectivity index (χ1n) is 7.11. The highest BCUT2D eigenvalue weighted by Gasteiger charge is 2.24. The molecule has 3 nitrogen and oxygen atoms in total. The van der Waals surface area contributed by atoms with Crippen molar-refractivity contribution in [1.29, 1.82) is 0 Å². The number of pyridine rings is 1. The standard InChI is InChI=1S/C17H20N2O/c1-12-7-15-5-3-4-6-16(15)19(10-12)17-13(2)8-14(11-20)9-18-17/h3-6,8-9,12,20H,7,10-11H2,1-2H3. The number of nitrogens with zero attached hydrogens (tertiary/aromatic N) is 2. The van der Waals surface area contributed by atoms with Crippen LogP contribution >= 0.6 is 0 Å². The molecule has 1 aromatic carbocycles. The summed E-state index contributed by atoms with van der Waals surface area (Å²) in [6.07, 6.45) is 2.89. The predicted octanol–water partition coefficient (Wildman–Crippen LogP) is 3.21. The number of benzene rings is 1. The second-order valence-corrected chi connectivity index (χ2v) is 5.69. The van der Waals surface area contributed by atoms with Gasteiger partial charge in [-0.1, -0.05) is 25.1 Å². The van der Waals surface area contributed by atoms with Crippen molar-refractivity contribution in [3.8, 4) is 0 Å². The smallest absolute Gasteiger partial charge is 0.135 e. The van der Waals surface area contributed by atoms with Crippen molar-refractivity contribution in [3.63, 3.8) is 0 Å². The van der Waals surface area contributed by atoms with Crippen LogP contribution in [-0.4, -0.2) is 16.6 Å². The molecule has 1 aliphatic rings. The third kappa shape index (κ3) is 2.29. The number of hydrogen-bond donors (Lipinski definition) is 1. The maximum Gasteiger partial charge on any atom is 0.135 e. The van der Waals surface area contributed by atoms with Gasteiger partial charge in [0.1, 0.15) is 5.82 Å². The van der Waals surface area contributed by atoms with Crippen molar-refractivity contribution in [3.05, 3.63) is 53.2 Å². The van der Waals surface area contributed by atoms with Gasteiger partial charge in [-0.2, -0.15) is 0 Å². The number of fused-ring (bicyclic) bond motifs is 1. The number of rotatable bonds is 2. The molecule has 1 N–H and O–H groups in total. The lowest BCUT2D eigenvalue weighted by Crippen LogP contribution is -2.31. The fourth-order valence-corrected chi connectivity index (χ4v) is 2.99. The Morgan fingerprint density at radius 1 is 1.35 bits per heavy atom. The van der Waals surface area contributed by atoms with Gasteiger partial charge in [-0.05, 0) is 48.1 Å². The number of anilines is 2. The Bertz CT molecular complexity index is 624.